The Hall–Kier alpha value is -2.73. The second kappa shape index (κ2) is 8.08. The number of pyridine rings is 1. The second-order valence-electron chi connectivity index (χ2n) is 8.37. The molecule has 0 radical (unpaired) electrons. The maximum atomic E-state index is 12.9. The van der Waals surface area contributed by atoms with Crippen LogP contribution in [0.25, 0.3) is 0 Å². The molecule has 158 valence electrons. The minimum atomic E-state index is -0.196. The number of aromatic nitrogens is 1. The molecule has 1 N–H and O–H groups in total. The quantitative estimate of drug-likeness (QED) is 0.668. The molecular weight excluding hydrogens is 410 g/mol. The summed E-state index contributed by atoms with van der Waals surface area (Å²) in [4.78, 5) is 21.4. The van der Waals surface area contributed by atoms with Gasteiger partial charge >= 0.3 is 0 Å². The molecule has 0 aliphatic carbocycles. The largest absolute Gasteiger partial charge is 0.395 e. The van der Waals surface area contributed by atoms with E-state index in [-0.39, 0.29) is 30.0 Å². The van der Waals surface area contributed by atoms with Crippen LogP contribution in [-0.4, -0.2) is 57.1 Å². The molecule has 2 aromatic carbocycles. The van der Waals surface area contributed by atoms with Crippen molar-refractivity contribution >= 4 is 17.5 Å². The zero-order valence-corrected chi connectivity index (χ0v) is 17.8. The first kappa shape index (κ1) is 20.2. The van der Waals surface area contributed by atoms with Gasteiger partial charge in [-0.1, -0.05) is 60.1 Å². The highest BCUT2D eigenvalue weighted by molar-refractivity contribution is 6.30. The average molecular weight is 434 g/mol. The van der Waals surface area contributed by atoms with Gasteiger partial charge in [-0.2, -0.15) is 0 Å². The predicted octanol–water partition coefficient (Wildman–Crippen LogP) is 3.59. The first-order valence-corrected chi connectivity index (χ1v) is 10.9. The van der Waals surface area contributed by atoms with E-state index in [0.29, 0.717) is 30.4 Å². The molecule has 3 aromatic rings. The molecular formula is C25H24ClN3O2. The second-order valence-corrected chi connectivity index (χ2v) is 8.81. The molecule has 5 rings (SSSR count). The summed E-state index contributed by atoms with van der Waals surface area (Å²) in [6.45, 7) is 2.01. The zero-order valence-electron chi connectivity index (χ0n) is 17.1. The number of amides is 1. The van der Waals surface area contributed by atoms with Crippen LogP contribution < -0.4 is 0 Å². The Morgan fingerprint density at radius 2 is 1.74 bits per heavy atom. The Morgan fingerprint density at radius 3 is 2.39 bits per heavy atom. The molecule has 2 aliphatic heterocycles. The fourth-order valence-electron chi connectivity index (χ4n) is 5.21. The Bertz CT molecular complexity index is 1050. The van der Waals surface area contributed by atoms with Gasteiger partial charge < -0.3 is 10.0 Å². The van der Waals surface area contributed by atoms with E-state index in [1.54, 1.807) is 12.3 Å². The number of aliphatic hydroxyl groups excluding tert-OH is 1. The van der Waals surface area contributed by atoms with Gasteiger partial charge in [-0.3, -0.25) is 14.7 Å². The number of benzene rings is 2. The molecule has 0 saturated carbocycles. The number of hydrogen-bond donors (Lipinski definition) is 1. The predicted molar refractivity (Wildman–Crippen MR) is 120 cm³/mol. The van der Waals surface area contributed by atoms with Gasteiger partial charge in [-0.15, -0.1) is 0 Å². The molecule has 5 nitrogen and oxygen atoms in total. The molecule has 2 atom stereocenters. The third kappa shape index (κ3) is 3.43. The van der Waals surface area contributed by atoms with Gasteiger partial charge in [0.1, 0.15) is 5.69 Å². The first-order valence-electron chi connectivity index (χ1n) is 10.5. The summed E-state index contributed by atoms with van der Waals surface area (Å²) in [5, 5.41) is 11.0. The standard InChI is InChI=1S/C25H24ClN3O2/c26-20-11-9-18(10-12-20)14-29-22(15-30)23(19-6-2-1-3-7-19)25(29)16-28(17-25)24(31)21-8-4-5-13-27-21/h1-13,22-23,30H,14-17H2/t22-,23+/m0/s1. The van der Waals surface area contributed by atoms with Gasteiger partial charge in [0.25, 0.3) is 5.91 Å². The summed E-state index contributed by atoms with van der Waals surface area (Å²) in [5.41, 5.74) is 2.62. The number of nitrogens with zero attached hydrogens (tertiary/aromatic N) is 3. The molecule has 31 heavy (non-hydrogen) atoms. The normalized spacial score (nSPS) is 22.1. The number of aliphatic hydroxyl groups is 1. The van der Waals surface area contributed by atoms with E-state index in [1.165, 1.54) is 5.56 Å². The van der Waals surface area contributed by atoms with Gasteiger partial charge in [-0.05, 0) is 35.4 Å². The van der Waals surface area contributed by atoms with Crippen LogP contribution in [0.15, 0.2) is 79.0 Å². The number of likely N-dealkylation sites (tertiary alicyclic amines) is 2. The van der Waals surface area contributed by atoms with Crippen LogP contribution in [0, 0.1) is 0 Å². The van der Waals surface area contributed by atoms with E-state index in [0.717, 1.165) is 5.56 Å². The molecule has 0 bridgehead atoms. The van der Waals surface area contributed by atoms with Crippen LogP contribution in [0.3, 0.4) is 0 Å². The topological polar surface area (TPSA) is 56.7 Å². The molecule has 1 aromatic heterocycles. The van der Waals surface area contributed by atoms with Gasteiger partial charge in [0.15, 0.2) is 0 Å². The summed E-state index contributed by atoms with van der Waals surface area (Å²) in [6, 6.07) is 23.6. The fraction of sp³-hybridized carbons (Fsp3) is 0.280. The minimum absolute atomic E-state index is 0.00480. The molecule has 0 unspecified atom stereocenters. The number of rotatable bonds is 5. The van der Waals surface area contributed by atoms with E-state index < -0.39 is 0 Å². The fourth-order valence-corrected chi connectivity index (χ4v) is 5.34. The lowest BCUT2D eigenvalue weighted by Crippen LogP contribution is -2.84. The minimum Gasteiger partial charge on any atom is -0.395 e. The van der Waals surface area contributed by atoms with Crippen molar-refractivity contribution < 1.29 is 9.90 Å². The molecule has 2 saturated heterocycles. The van der Waals surface area contributed by atoms with E-state index in [1.807, 2.05) is 59.5 Å². The first-order chi connectivity index (χ1) is 15.1. The smallest absolute Gasteiger partial charge is 0.272 e. The molecule has 1 amide bonds. The highest BCUT2D eigenvalue weighted by Crippen LogP contribution is 2.54. The number of hydrogen-bond acceptors (Lipinski definition) is 4. The zero-order chi connectivity index (χ0) is 21.4. The maximum absolute atomic E-state index is 12.9. The highest BCUT2D eigenvalue weighted by atomic mass is 35.5. The molecule has 2 aliphatic rings. The lowest BCUT2D eigenvalue weighted by Gasteiger charge is -2.70. The summed E-state index contributed by atoms with van der Waals surface area (Å²) in [6.07, 6.45) is 1.65. The number of carbonyl (C=O) groups is 1. The van der Waals surface area contributed by atoms with E-state index in [2.05, 4.69) is 22.0 Å². The van der Waals surface area contributed by atoms with Crippen molar-refractivity contribution in [2.45, 2.75) is 24.0 Å². The SMILES string of the molecule is O=C(c1ccccn1)N1CC2(C1)[C@H](c1ccccc1)[C@H](CO)N2Cc1ccc(Cl)cc1. The maximum Gasteiger partial charge on any atom is 0.272 e. The highest BCUT2D eigenvalue weighted by Gasteiger charge is 2.66. The van der Waals surface area contributed by atoms with E-state index >= 15 is 0 Å². The van der Waals surface area contributed by atoms with Crippen molar-refractivity contribution in [2.24, 2.45) is 0 Å². The number of carbonyl (C=O) groups excluding carboxylic acids is 1. The average Bonchev–Trinajstić information content (AvgIpc) is 2.78. The van der Waals surface area contributed by atoms with Crippen molar-refractivity contribution in [3.63, 3.8) is 0 Å². The summed E-state index contributed by atoms with van der Waals surface area (Å²) in [5.74, 6) is 0.121. The van der Waals surface area contributed by atoms with Crippen molar-refractivity contribution in [3.05, 3.63) is 101 Å². The van der Waals surface area contributed by atoms with Gasteiger partial charge in [0.2, 0.25) is 0 Å². The molecule has 1 spiro atoms. The molecule has 3 heterocycles. The van der Waals surface area contributed by atoms with Crippen molar-refractivity contribution in [2.75, 3.05) is 19.7 Å². The Kier molecular flexibility index (Phi) is 5.26. The lowest BCUT2D eigenvalue weighted by atomic mass is 9.60. The summed E-state index contributed by atoms with van der Waals surface area (Å²) in [7, 11) is 0. The van der Waals surface area contributed by atoms with Crippen LogP contribution >= 0.6 is 11.6 Å². The third-order valence-corrected chi connectivity index (χ3v) is 6.90. The van der Waals surface area contributed by atoms with E-state index in [4.69, 9.17) is 11.6 Å². The van der Waals surface area contributed by atoms with Crippen LogP contribution in [0.4, 0.5) is 0 Å². The molecule has 2 fully saturated rings. The van der Waals surface area contributed by atoms with Crippen molar-refractivity contribution in [1.82, 2.24) is 14.8 Å². The summed E-state index contributed by atoms with van der Waals surface area (Å²) >= 11 is 6.06. The van der Waals surface area contributed by atoms with Crippen molar-refractivity contribution in [3.8, 4) is 0 Å². The lowest BCUT2D eigenvalue weighted by molar-refractivity contribution is -0.184. The molecule has 6 heteroatoms. The van der Waals surface area contributed by atoms with Gasteiger partial charge in [0, 0.05) is 42.8 Å². The Balaban J connectivity index is 1.43. The monoisotopic (exact) mass is 433 g/mol. The van der Waals surface area contributed by atoms with Crippen LogP contribution in [-0.2, 0) is 6.54 Å². The van der Waals surface area contributed by atoms with Crippen molar-refractivity contribution in [1.29, 1.82) is 0 Å². The van der Waals surface area contributed by atoms with Crippen LogP contribution in [0.5, 0.6) is 0 Å². The van der Waals surface area contributed by atoms with Gasteiger partial charge in [0.05, 0.1) is 12.1 Å². The Morgan fingerprint density at radius 1 is 1.03 bits per heavy atom. The third-order valence-electron chi connectivity index (χ3n) is 6.65. The van der Waals surface area contributed by atoms with E-state index in [9.17, 15) is 9.90 Å². The van der Waals surface area contributed by atoms with Crippen LogP contribution in [0.2, 0.25) is 5.02 Å². The summed E-state index contributed by atoms with van der Waals surface area (Å²) < 4.78 is 0. The van der Waals surface area contributed by atoms with Crippen LogP contribution in [0.1, 0.15) is 27.5 Å². The Labute approximate surface area is 186 Å². The number of halogens is 1. The van der Waals surface area contributed by atoms with Gasteiger partial charge in [-0.25, -0.2) is 0 Å².